The average Bonchev–Trinajstić information content (AvgIpc) is 4.04. The molecule has 2 N–H and O–H groups in total. The molecule has 0 amide bonds. The monoisotopic (exact) mass is 944 g/mol. The third-order valence-corrected chi connectivity index (χ3v) is 11.2. The van der Waals surface area contributed by atoms with Crippen LogP contribution in [0.25, 0.3) is 90.9 Å². The van der Waals surface area contributed by atoms with Crippen LogP contribution in [-0.2, 0) is 13.1 Å². The summed E-state index contributed by atoms with van der Waals surface area (Å²) in [6.07, 6.45) is 8.64. The molecule has 2 aliphatic heterocycles. The van der Waals surface area contributed by atoms with E-state index in [2.05, 4.69) is 212 Å². The first kappa shape index (κ1) is 44.4. The van der Waals surface area contributed by atoms with Gasteiger partial charge in [0.05, 0.1) is 65.1 Å². The van der Waals surface area contributed by atoms with Gasteiger partial charge < -0.3 is 52.9 Å². The summed E-state index contributed by atoms with van der Waals surface area (Å²) in [5.74, 6) is 0. The highest BCUT2D eigenvalue weighted by Gasteiger charge is 2.20. The Bertz CT molecular complexity index is 2820. The molecular formula is C54H54Br2N6. The minimum atomic E-state index is 0. The summed E-state index contributed by atoms with van der Waals surface area (Å²) in [5.41, 5.74) is 21.3. The van der Waals surface area contributed by atoms with Gasteiger partial charge in [-0.2, -0.15) is 0 Å². The number of aromatic amines is 2. The van der Waals surface area contributed by atoms with Crippen LogP contribution in [0.2, 0.25) is 0 Å². The standard InChI is InChI=1S/C54H54N6.2BrH/c1-35-9-17-39(18-10-35)51-43-25-29-47(55-43)53(41-21-13-37(14-22-41)33-59(3,4)5)49-31-27-45(57-49)52(40-19-11-36(2)12-20-40)46-28-32-50(58-46)54(48-30-26-44(51)56-48)42-23-15-38(16-24-42)34-60(6,7)8;;/h9-32,55-56H,33-34H2,1-8H3;2*1H/q+2;;/p-2. The predicted octanol–water partition coefficient (Wildman–Crippen LogP) is 6.36. The van der Waals surface area contributed by atoms with E-state index in [9.17, 15) is 0 Å². The molecule has 6 nitrogen and oxygen atoms in total. The van der Waals surface area contributed by atoms with E-state index in [-0.39, 0.29) is 34.0 Å². The van der Waals surface area contributed by atoms with E-state index >= 15 is 0 Å². The molecule has 0 radical (unpaired) electrons. The highest BCUT2D eigenvalue weighted by molar-refractivity contribution is 6.00. The molecule has 0 fully saturated rings. The van der Waals surface area contributed by atoms with Gasteiger partial charge in [-0.1, -0.05) is 108 Å². The Morgan fingerprint density at radius 1 is 0.355 bits per heavy atom. The summed E-state index contributed by atoms with van der Waals surface area (Å²) in [4.78, 5) is 18.8. The number of aromatic nitrogens is 4. The fraction of sp³-hybridized carbons (Fsp3) is 0.185. The summed E-state index contributed by atoms with van der Waals surface area (Å²) < 4.78 is 1.72. The van der Waals surface area contributed by atoms with Crippen LogP contribution >= 0.6 is 0 Å². The molecule has 7 aromatic rings. The van der Waals surface area contributed by atoms with Crippen LogP contribution in [0.1, 0.15) is 45.0 Å². The molecule has 0 aliphatic carbocycles. The van der Waals surface area contributed by atoms with Crippen molar-refractivity contribution in [2.24, 2.45) is 0 Å². The predicted molar refractivity (Wildman–Crippen MR) is 254 cm³/mol. The van der Waals surface area contributed by atoms with E-state index in [0.717, 1.165) is 111 Å². The fourth-order valence-corrected chi connectivity index (χ4v) is 8.51. The first-order valence-electron chi connectivity index (χ1n) is 20.8. The topological polar surface area (TPSA) is 57.4 Å². The maximum absolute atomic E-state index is 5.48. The van der Waals surface area contributed by atoms with Crippen molar-refractivity contribution in [3.63, 3.8) is 0 Å². The lowest BCUT2D eigenvalue weighted by atomic mass is 10.0. The van der Waals surface area contributed by atoms with Gasteiger partial charge >= 0.3 is 0 Å². The minimum absolute atomic E-state index is 0. The highest BCUT2D eigenvalue weighted by Crippen LogP contribution is 2.39. The Morgan fingerprint density at radius 3 is 0.968 bits per heavy atom. The minimum Gasteiger partial charge on any atom is -1.00 e. The molecule has 0 atom stereocenters. The first-order valence-corrected chi connectivity index (χ1v) is 20.8. The number of fused-ring (bicyclic) bond motifs is 8. The first-order chi connectivity index (χ1) is 28.7. The van der Waals surface area contributed by atoms with Crippen LogP contribution < -0.4 is 34.0 Å². The van der Waals surface area contributed by atoms with E-state index in [1.54, 1.807) is 0 Å². The SMILES string of the molecule is Cc1ccc(-c2c3nc(c(-c4ccc(C[N+](C)(C)C)cc4)c4ccc([nH]4)c(-c4ccc(C)cc4)c4ccc([nH]4)c(-c4ccc(C[N+](C)(C)C)cc4)c4nc2C=C4)C=C3)cc1.[Br-].[Br-]. The van der Waals surface area contributed by atoms with Gasteiger partial charge in [0.15, 0.2) is 0 Å². The normalized spacial score (nSPS) is 12.3. The molecule has 0 saturated heterocycles. The lowest BCUT2D eigenvalue weighted by Crippen LogP contribution is -3.00. The van der Waals surface area contributed by atoms with Crippen molar-refractivity contribution in [3.05, 3.63) is 166 Å². The second-order valence-corrected chi connectivity index (χ2v) is 18.5. The molecule has 0 spiro atoms. The zero-order valence-electron chi connectivity index (χ0n) is 36.8. The van der Waals surface area contributed by atoms with E-state index in [0.29, 0.717) is 0 Å². The Kier molecular flexibility index (Phi) is 12.6. The highest BCUT2D eigenvalue weighted by atomic mass is 79.9. The zero-order chi connectivity index (χ0) is 41.8. The smallest absolute Gasteiger partial charge is 0.104 e. The van der Waals surface area contributed by atoms with Crippen molar-refractivity contribution < 1.29 is 42.9 Å². The molecule has 2 aliphatic rings. The van der Waals surface area contributed by atoms with Crippen molar-refractivity contribution >= 4 is 46.4 Å². The second kappa shape index (κ2) is 17.6. The van der Waals surface area contributed by atoms with Gasteiger partial charge in [-0.3, -0.25) is 0 Å². The van der Waals surface area contributed by atoms with Crippen LogP contribution in [0.5, 0.6) is 0 Å². The Morgan fingerprint density at radius 2 is 0.629 bits per heavy atom. The number of hydrogen-bond acceptors (Lipinski definition) is 2. The Labute approximate surface area is 387 Å². The Hall–Kier alpha value is -5.64. The number of halogens is 2. The number of H-pyrrole nitrogens is 2. The lowest BCUT2D eigenvalue weighted by molar-refractivity contribution is -0.884. The van der Waals surface area contributed by atoms with E-state index in [1.807, 2.05) is 0 Å². The molecule has 8 bridgehead atoms. The van der Waals surface area contributed by atoms with E-state index in [4.69, 9.17) is 9.97 Å². The molecule has 4 aromatic carbocycles. The van der Waals surface area contributed by atoms with Crippen molar-refractivity contribution in [1.82, 2.24) is 19.9 Å². The molecule has 314 valence electrons. The quantitative estimate of drug-likeness (QED) is 0.175. The number of nitrogens with one attached hydrogen (secondary N) is 2. The number of benzene rings is 4. The number of aryl methyl sites for hydroxylation is 2. The average molecular weight is 947 g/mol. The van der Waals surface area contributed by atoms with Crippen molar-refractivity contribution in [3.8, 4) is 44.5 Å². The molecule has 0 unspecified atom stereocenters. The van der Waals surface area contributed by atoms with Crippen LogP contribution in [0.4, 0.5) is 0 Å². The van der Waals surface area contributed by atoms with Gasteiger partial charge in [-0.05, 0) is 84.7 Å². The Balaban J connectivity index is 0.00000289. The van der Waals surface area contributed by atoms with E-state index in [1.165, 1.54) is 22.3 Å². The van der Waals surface area contributed by atoms with Gasteiger partial charge in [-0.15, -0.1) is 0 Å². The van der Waals surface area contributed by atoms with Gasteiger partial charge in [0, 0.05) is 55.4 Å². The van der Waals surface area contributed by atoms with Crippen LogP contribution in [0.3, 0.4) is 0 Å². The second-order valence-electron chi connectivity index (χ2n) is 18.5. The number of rotatable bonds is 8. The fourth-order valence-electron chi connectivity index (χ4n) is 8.51. The van der Waals surface area contributed by atoms with Gasteiger partial charge in [0.2, 0.25) is 0 Å². The summed E-state index contributed by atoms with van der Waals surface area (Å²) >= 11 is 0. The molecule has 3 aromatic heterocycles. The molecule has 9 rings (SSSR count). The largest absolute Gasteiger partial charge is 1.00 e. The maximum Gasteiger partial charge on any atom is 0.104 e. The molecule has 62 heavy (non-hydrogen) atoms. The van der Waals surface area contributed by atoms with Crippen molar-refractivity contribution in [1.29, 1.82) is 0 Å². The maximum atomic E-state index is 5.48. The molecule has 5 heterocycles. The number of nitrogens with zero attached hydrogens (tertiary/aromatic N) is 4. The number of hydrogen-bond donors (Lipinski definition) is 2. The molecule has 0 saturated carbocycles. The van der Waals surface area contributed by atoms with Gasteiger partial charge in [0.25, 0.3) is 0 Å². The van der Waals surface area contributed by atoms with Gasteiger partial charge in [-0.25, -0.2) is 9.97 Å². The van der Waals surface area contributed by atoms with Gasteiger partial charge in [0.1, 0.15) is 13.1 Å². The van der Waals surface area contributed by atoms with Crippen molar-refractivity contribution in [2.75, 3.05) is 42.3 Å². The molecule has 8 heteroatoms. The summed E-state index contributed by atoms with van der Waals surface area (Å²) in [7, 11) is 13.4. The third-order valence-electron chi connectivity index (χ3n) is 11.2. The third kappa shape index (κ3) is 9.39. The number of quaternary nitrogens is 2. The van der Waals surface area contributed by atoms with E-state index < -0.39 is 0 Å². The van der Waals surface area contributed by atoms with Crippen LogP contribution in [0, 0.1) is 13.8 Å². The van der Waals surface area contributed by atoms with Crippen LogP contribution in [0.15, 0.2) is 121 Å². The molecular weight excluding hydrogens is 892 g/mol. The zero-order valence-corrected chi connectivity index (χ0v) is 40.0. The summed E-state index contributed by atoms with van der Waals surface area (Å²) in [6, 6.07) is 44.4. The summed E-state index contributed by atoms with van der Waals surface area (Å²) in [5, 5.41) is 0. The lowest BCUT2D eigenvalue weighted by Gasteiger charge is -2.24. The van der Waals surface area contributed by atoms with Crippen molar-refractivity contribution in [2.45, 2.75) is 26.9 Å². The summed E-state index contributed by atoms with van der Waals surface area (Å²) in [6.45, 7) is 6.15. The van der Waals surface area contributed by atoms with Crippen LogP contribution in [-0.4, -0.2) is 71.2 Å².